The van der Waals surface area contributed by atoms with Crippen LogP contribution in [-0.2, 0) is 0 Å². The summed E-state index contributed by atoms with van der Waals surface area (Å²) in [7, 11) is 0. The molecule has 2 heterocycles. The van der Waals surface area contributed by atoms with Crippen molar-refractivity contribution < 1.29 is 4.79 Å². The average molecular weight is 174 g/mol. The molecular weight excluding hydrogens is 168 g/mol. The van der Waals surface area contributed by atoms with Crippen molar-refractivity contribution >= 4 is 17.9 Å². The summed E-state index contributed by atoms with van der Waals surface area (Å²) in [6, 6.07) is 0. The van der Waals surface area contributed by atoms with Gasteiger partial charge in [0.1, 0.15) is 11.9 Å². The SMILES string of the molecule is O=C1NC=CC=Nc2ncncc21. The number of carbonyl (C=O) groups excluding carboxylic acids is 1. The van der Waals surface area contributed by atoms with Crippen LogP contribution in [-0.4, -0.2) is 22.1 Å². The third kappa shape index (κ3) is 1.44. The number of amides is 1. The summed E-state index contributed by atoms with van der Waals surface area (Å²) >= 11 is 0. The molecule has 0 spiro atoms. The molecular formula is C8H6N4O. The van der Waals surface area contributed by atoms with Gasteiger partial charge in [0, 0.05) is 18.6 Å². The highest BCUT2D eigenvalue weighted by molar-refractivity contribution is 5.99. The van der Waals surface area contributed by atoms with Crippen LogP contribution < -0.4 is 5.32 Å². The minimum Gasteiger partial charge on any atom is -0.328 e. The van der Waals surface area contributed by atoms with Gasteiger partial charge in [0.2, 0.25) is 0 Å². The lowest BCUT2D eigenvalue weighted by molar-refractivity contribution is 0.0970. The van der Waals surface area contributed by atoms with Crippen LogP contribution in [0.5, 0.6) is 0 Å². The molecule has 64 valence electrons. The Morgan fingerprint density at radius 3 is 3.23 bits per heavy atom. The molecule has 0 unspecified atom stereocenters. The van der Waals surface area contributed by atoms with Gasteiger partial charge < -0.3 is 5.32 Å². The third-order valence-electron chi connectivity index (χ3n) is 1.53. The summed E-state index contributed by atoms with van der Waals surface area (Å²) in [6.07, 6.45) is 7.50. The van der Waals surface area contributed by atoms with Crippen molar-refractivity contribution in [2.75, 3.05) is 0 Å². The fourth-order valence-electron chi connectivity index (χ4n) is 0.944. The molecule has 1 aromatic rings. The molecule has 1 N–H and O–H groups in total. The second-order valence-corrected chi connectivity index (χ2v) is 2.37. The van der Waals surface area contributed by atoms with Crippen LogP contribution in [0, 0.1) is 0 Å². The van der Waals surface area contributed by atoms with Crippen LogP contribution in [0.2, 0.25) is 0 Å². The molecule has 0 atom stereocenters. The predicted octanol–water partition coefficient (Wildman–Crippen LogP) is 0.436. The molecule has 1 aromatic heterocycles. The molecule has 1 amide bonds. The van der Waals surface area contributed by atoms with E-state index >= 15 is 0 Å². The topological polar surface area (TPSA) is 67.2 Å². The molecule has 0 bridgehead atoms. The first kappa shape index (κ1) is 7.60. The number of nitrogens with zero attached hydrogens (tertiary/aromatic N) is 3. The van der Waals surface area contributed by atoms with Gasteiger partial charge in [-0.3, -0.25) is 4.79 Å². The first-order valence-electron chi connectivity index (χ1n) is 3.68. The highest BCUT2D eigenvalue weighted by Gasteiger charge is 2.11. The molecule has 1 aliphatic rings. The Morgan fingerprint density at radius 2 is 2.31 bits per heavy atom. The van der Waals surface area contributed by atoms with Crippen LogP contribution in [0.3, 0.4) is 0 Å². The summed E-state index contributed by atoms with van der Waals surface area (Å²) in [5, 5.41) is 2.55. The van der Waals surface area contributed by atoms with Gasteiger partial charge in [-0.05, 0) is 6.08 Å². The first-order valence-corrected chi connectivity index (χ1v) is 3.68. The fraction of sp³-hybridized carbons (Fsp3) is 0. The zero-order valence-corrected chi connectivity index (χ0v) is 6.64. The maximum Gasteiger partial charge on any atom is 0.260 e. The Kier molecular flexibility index (Phi) is 1.84. The average Bonchev–Trinajstić information content (AvgIpc) is 2.14. The number of nitrogens with one attached hydrogen (secondary N) is 1. The lowest BCUT2D eigenvalue weighted by Gasteiger charge is -2.03. The van der Waals surface area contributed by atoms with E-state index in [1.165, 1.54) is 18.7 Å². The number of hydrogen-bond donors (Lipinski definition) is 1. The highest BCUT2D eigenvalue weighted by Crippen LogP contribution is 2.13. The van der Waals surface area contributed by atoms with E-state index in [4.69, 9.17) is 0 Å². The fourth-order valence-corrected chi connectivity index (χ4v) is 0.944. The number of rotatable bonds is 0. The maximum atomic E-state index is 11.3. The molecule has 2 rings (SSSR count). The maximum absolute atomic E-state index is 11.3. The van der Waals surface area contributed by atoms with E-state index < -0.39 is 0 Å². The van der Waals surface area contributed by atoms with Gasteiger partial charge in [-0.15, -0.1) is 0 Å². The molecule has 13 heavy (non-hydrogen) atoms. The highest BCUT2D eigenvalue weighted by atomic mass is 16.1. The van der Waals surface area contributed by atoms with E-state index in [0.717, 1.165) is 0 Å². The molecule has 0 aliphatic carbocycles. The predicted molar refractivity (Wildman–Crippen MR) is 46.8 cm³/mol. The summed E-state index contributed by atoms with van der Waals surface area (Å²) in [5.74, 6) is 0.139. The monoisotopic (exact) mass is 174 g/mol. The van der Waals surface area contributed by atoms with Gasteiger partial charge in [0.15, 0.2) is 5.82 Å². The van der Waals surface area contributed by atoms with E-state index in [2.05, 4.69) is 20.3 Å². The van der Waals surface area contributed by atoms with E-state index in [1.54, 1.807) is 12.3 Å². The molecule has 0 saturated heterocycles. The van der Waals surface area contributed by atoms with Gasteiger partial charge in [-0.2, -0.15) is 0 Å². The zero-order valence-electron chi connectivity index (χ0n) is 6.64. The van der Waals surface area contributed by atoms with Crippen molar-refractivity contribution in [3.63, 3.8) is 0 Å². The first-order chi connectivity index (χ1) is 6.38. The van der Waals surface area contributed by atoms with E-state index in [0.29, 0.717) is 11.4 Å². The summed E-state index contributed by atoms with van der Waals surface area (Å²) < 4.78 is 0. The molecule has 0 saturated carbocycles. The van der Waals surface area contributed by atoms with Crippen molar-refractivity contribution in [3.05, 3.63) is 30.4 Å². The normalized spacial score (nSPS) is 14.3. The number of carbonyl (C=O) groups is 1. The Bertz CT molecular complexity index is 397. The van der Waals surface area contributed by atoms with Gasteiger partial charge in [-0.25, -0.2) is 15.0 Å². The molecule has 5 heteroatoms. The summed E-state index contributed by atoms with van der Waals surface area (Å²) in [5.41, 5.74) is 0.378. The van der Waals surface area contributed by atoms with Crippen molar-refractivity contribution in [2.24, 2.45) is 4.99 Å². The lowest BCUT2D eigenvalue weighted by atomic mass is 10.3. The van der Waals surface area contributed by atoms with E-state index in [1.807, 2.05) is 0 Å². The van der Waals surface area contributed by atoms with Gasteiger partial charge in [0.05, 0.1) is 0 Å². The van der Waals surface area contributed by atoms with Crippen molar-refractivity contribution in [1.82, 2.24) is 15.3 Å². The third-order valence-corrected chi connectivity index (χ3v) is 1.53. The van der Waals surface area contributed by atoms with Crippen LogP contribution in [0.15, 0.2) is 29.8 Å². The Morgan fingerprint density at radius 1 is 1.38 bits per heavy atom. The molecule has 5 nitrogen and oxygen atoms in total. The van der Waals surface area contributed by atoms with Crippen LogP contribution in [0.4, 0.5) is 5.82 Å². The van der Waals surface area contributed by atoms with E-state index in [-0.39, 0.29) is 5.91 Å². The summed E-state index contributed by atoms with van der Waals surface area (Å²) in [4.78, 5) is 22.9. The molecule has 0 fully saturated rings. The number of aliphatic imine (C=N–C) groups is 1. The second kappa shape index (κ2) is 3.14. The Balaban J connectivity index is 2.55. The van der Waals surface area contributed by atoms with Gasteiger partial charge in [0.25, 0.3) is 5.91 Å². The van der Waals surface area contributed by atoms with Crippen LogP contribution >= 0.6 is 0 Å². The quantitative estimate of drug-likeness (QED) is 0.620. The van der Waals surface area contributed by atoms with Crippen molar-refractivity contribution in [2.45, 2.75) is 0 Å². The molecule has 0 radical (unpaired) electrons. The Labute approximate surface area is 74.2 Å². The summed E-state index contributed by atoms with van der Waals surface area (Å²) in [6.45, 7) is 0. The number of allylic oxidation sites excluding steroid dienone is 1. The lowest BCUT2D eigenvalue weighted by Crippen LogP contribution is -2.18. The largest absolute Gasteiger partial charge is 0.328 e. The number of fused-ring (bicyclic) bond motifs is 1. The van der Waals surface area contributed by atoms with Crippen LogP contribution in [0.1, 0.15) is 10.4 Å². The Hall–Kier alpha value is -2.04. The molecule has 0 aromatic carbocycles. The van der Waals surface area contributed by atoms with Crippen LogP contribution in [0.25, 0.3) is 0 Å². The standard InChI is InChI=1S/C8H6N4O/c13-8-6-4-9-5-12-7(6)10-2-1-3-11-8/h1-5H,(H,11,13). The number of hydrogen-bond acceptors (Lipinski definition) is 4. The van der Waals surface area contributed by atoms with Crippen molar-refractivity contribution in [3.8, 4) is 0 Å². The second-order valence-electron chi connectivity index (χ2n) is 2.37. The molecule has 1 aliphatic heterocycles. The van der Waals surface area contributed by atoms with Crippen molar-refractivity contribution in [1.29, 1.82) is 0 Å². The number of aromatic nitrogens is 2. The minimum atomic E-state index is -0.247. The zero-order chi connectivity index (χ0) is 9.10. The van der Waals surface area contributed by atoms with Gasteiger partial charge >= 0.3 is 0 Å². The van der Waals surface area contributed by atoms with Gasteiger partial charge in [-0.1, -0.05) is 0 Å². The smallest absolute Gasteiger partial charge is 0.260 e. The minimum absolute atomic E-state index is 0.247. The van der Waals surface area contributed by atoms with E-state index in [9.17, 15) is 4.79 Å².